The van der Waals surface area contributed by atoms with E-state index in [9.17, 15) is 0 Å². The van der Waals surface area contributed by atoms with E-state index in [-0.39, 0.29) is 0 Å². The Labute approximate surface area is 101 Å². The van der Waals surface area contributed by atoms with Crippen LogP contribution in [0.25, 0.3) is 5.57 Å². The maximum Gasteiger partial charge on any atom is 0.00497 e. The van der Waals surface area contributed by atoms with Crippen LogP contribution in [-0.2, 0) is 0 Å². The van der Waals surface area contributed by atoms with Gasteiger partial charge in [-0.15, -0.1) is 11.3 Å². The average Bonchev–Trinajstić information content (AvgIpc) is 2.60. The van der Waals surface area contributed by atoms with Gasteiger partial charge in [-0.1, -0.05) is 36.4 Å². The van der Waals surface area contributed by atoms with Gasteiger partial charge in [0.2, 0.25) is 0 Å². The molecular weight excluding hydrogens is 212 g/mol. The highest BCUT2D eigenvalue weighted by Gasteiger charge is 2.08. The molecule has 0 aliphatic rings. The van der Waals surface area contributed by atoms with Gasteiger partial charge in [-0.3, -0.25) is 0 Å². The second-order valence-electron chi connectivity index (χ2n) is 4.18. The molecule has 0 amide bonds. The van der Waals surface area contributed by atoms with E-state index < -0.39 is 0 Å². The van der Waals surface area contributed by atoms with Crippen molar-refractivity contribution in [3.05, 3.63) is 63.4 Å². The Hall–Kier alpha value is -1.34. The van der Waals surface area contributed by atoms with Gasteiger partial charge in [-0.25, -0.2) is 0 Å². The molecule has 0 radical (unpaired) electrons. The highest BCUT2D eigenvalue weighted by atomic mass is 32.1. The Balaban J connectivity index is 2.39. The molecule has 1 aromatic heterocycles. The molecule has 0 aliphatic carbocycles. The highest BCUT2D eigenvalue weighted by Crippen LogP contribution is 2.30. The summed E-state index contributed by atoms with van der Waals surface area (Å²) < 4.78 is 0. The third-order valence-electron chi connectivity index (χ3n) is 3.01. The molecule has 0 unspecified atom stereocenters. The average molecular weight is 228 g/mol. The molecule has 0 N–H and O–H groups in total. The van der Waals surface area contributed by atoms with Crippen LogP contribution in [0.2, 0.25) is 0 Å². The van der Waals surface area contributed by atoms with Crippen molar-refractivity contribution in [2.24, 2.45) is 0 Å². The zero-order valence-corrected chi connectivity index (χ0v) is 10.8. The van der Waals surface area contributed by atoms with Crippen molar-refractivity contribution in [2.75, 3.05) is 0 Å². The number of aryl methyl sites for hydroxylation is 2. The summed E-state index contributed by atoms with van der Waals surface area (Å²) in [5, 5.41) is 2.20. The molecule has 1 aromatic carbocycles. The quantitative estimate of drug-likeness (QED) is 0.696. The van der Waals surface area contributed by atoms with Crippen LogP contribution in [0.5, 0.6) is 0 Å². The molecule has 0 fully saturated rings. The Morgan fingerprint density at radius 3 is 2.19 bits per heavy atom. The first-order valence-corrected chi connectivity index (χ1v) is 6.28. The molecule has 0 atom stereocenters. The predicted octanol–water partition coefficient (Wildman–Crippen LogP) is 4.73. The third-order valence-corrected chi connectivity index (χ3v) is 4.02. The standard InChI is InChI=1S/C15H16S/c1-10-5-7-14(8-6-10)12(3)15-9-16-13(4)11(15)2/h5-9H,3H2,1-2,4H3. The van der Waals surface area contributed by atoms with E-state index in [1.165, 1.54) is 27.1 Å². The van der Waals surface area contributed by atoms with Gasteiger partial charge >= 0.3 is 0 Å². The van der Waals surface area contributed by atoms with E-state index in [2.05, 4.69) is 57.0 Å². The zero-order chi connectivity index (χ0) is 11.7. The number of benzene rings is 1. The second kappa shape index (κ2) is 4.26. The Bertz CT molecular complexity index is 515. The minimum atomic E-state index is 1.13. The lowest BCUT2D eigenvalue weighted by Gasteiger charge is -2.06. The van der Waals surface area contributed by atoms with Gasteiger partial charge in [-0.05, 0) is 48.4 Å². The van der Waals surface area contributed by atoms with Gasteiger partial charge in [0, 0.05) is 4.88 Å². The lowest BCUT2D eigenvalue weighted by molar-refractivity contribution is 1.40. The first-order valence-electron chi connectivity index (χ1n) is 5.40. The van der Waals surface area contributed by atoms with Crippen LogP contribution in [0.1, 0.15) is 27.1 Å². The summed E-state index contributed by atoms with van der Waals surface area (Å²) >= 11 is 1.80. The van der Waals surface area contributed by atoms with Gasteiger partial charge in [0.05, 0.1) is 0 Å². The van der Waals surface area contributed by atoms with Crippen LogP contribution < -0.4 is 0 Å². The van der Waals surface area contributed by atoms with E-state index in [0.29, 0.717) is 0 Å². The van der Waals surface area contributed by atoms with Gasteiger partial charge in [0.15, 0.2) is 0 Å². The third kappa shape index (κ3) is 1.96. The van der Waals surface area contributed by atoms with E-state index in [4.69, 9.17) is 0 Å². The van der Waals surface area contributed by atoms with E-state index in [1.807, 2.05) is 0 Å². The first-order chi connectivity index (χ1) is 7.59. The topological polar surface area (TPSA) is 0 Å². The molecule has 0 spiro atoms. The lowest BCUT2D eigenvalue weighted by atomic mass is 9.98. The molecule has 1 heterocycles. The Kier molecular flexibility index (Phi) is 2.97. The van der Waals surface area contributed by atoms with Crippen LogP contribution in [0.4, 0.5) is 0 Å². The van der Waals surface area contributed by atoms with E-state index >= 15 is 0 Å². The van der Waals surface area contributed by atoms with Crippen LogP contribution in [-0.4, -0.2) is 0 Å². The fraction of sp³-hybridized carbons (Fsp3) is 0.200. The van der Waals surface area contributed by atoms with Crippen LogP contribution in [0.15, 0.2) is 36.2 Å². The largest absolute Gasteiger partial charge is 0.148 e. The molecule has 0 bridgehead atoms. The van der Waals surface area contributed by atoms with E-state index in [0.717, 1.165) is 5.57 Å². The number of hydrogen-bond donors (Lipinski definition) is 0. The van der Waals surface area contributed by atoms with Crippen LogP contribution in [0, 0.1) is 20.8 Å². The minimum absolute atomic E-state index is 1.13. The van der Waals surface area contributed by atoms with Crippen molar-refractivity contribution in [1.82, 2.24) is 0 Å². The maximum atomic E-state index is 4.21. The van der Waals surface area contributed by atoms with Crippen LogP contribution >= 0.6 is 11.3 Å². The first kappa shape index (κ1) is 11.2. The monoisotopic (exact) mass is 228 g/mol. The molecule has 82 valence electrons. The summed E-state index contributed by atoms with van der Waals surface area (Å²) in [5.41, 5.74) is 6.27. The summed E-state index contributed by atoms with van der Waals surface area (Å²) in [7, 11) is 0. The van der Waals surface area contributed by atoms with Crippen molar-refractivity contribution in [3.63, 3.8) is 0 Å². The molecule has 16 heavy (non-hydrogen) atoms. The van der Waals surface area contributed by atoms with Gasteiger partial charge in [0.25, 0.3) is 0 Å². The van der Waals surface area contributed by atoms with E-state index in [1.54, 1.807) is 11.3 Å². The summed E-state index contributed by atoms with van der Waals surface area (Å²) in [4.78, 5) is 1.38. The van der Waals surface area contributed by atoms with Crippen molar-refractivity contribution < 1.29 is 0 Å². The summed E-state index contributed by atoms with van der Waals surface area (Å²) in [6, 6.07) is 8.55. The number of rotatable bonds is 2. The maximum absolute atomic E-state index is 4.21. The SMILES string of the molecule is C=C(c1ccc(C)cc1)c1csc(C)c1C. The fourth-order valence-corrected chi connectivity index (χ4v) is 2.62. The molecule has 1 heteroatoms. The molecule has 0 aliphatic heterocycles. The number of hydrogen-bond acceptors (Lipinski definition) is 1. The highest BCUT2D eigenvalue weighted by molar-refractivity contribution is 7.10. The Morgan fingerprint density at radius 2 is 1.69 bits per heavy atom. The van der Waals surface area contributed by atoms with Crippen molar-refractivity contribution in [2.45, 2.75) is 20.8 Å². The van der Waals surface area contributed by atoms with Crippen molar-refractivity contribution in [3.8, 4) is 0 Å². The van der Waals surface area contributed by atoms with Gasteiger partial charge in [0.1, 0.15) is 0 Å². The molecule has 0 saturated heterocycles. The molecule has 0 nitrogen and oxygen atoms in total. The van der Waals surface area contributed by atoms with Gasteiger partial charge < -0.3 is 0 Å². The number of thiophene rings is 1. The normalized spacial score (nSPS) is 10.4. The summed E-state index contributed by atoms with van der Waals surface area (Å²) in [6.45, 7) is 10.6. The second-order valence-corrected chi connectivity index (χ2v) is 5.26. The summed E-state index contributed by atoms with van der Waals surface area (Å²) in [5.74, 6) is 0. The molecule has 2 rings (SSSR count). The zero-order valence-electron chi connectivity index (χ0n) is 10.0. The summed E-state index contributed by atoms with van der Waals surface area (Å²) in [6.07, 6.45) is 0. The Morgan fingerprint density at radius 1 is 1.06 bits per heavy atom. The van der Waals surface area contributed by atoms with Crippen molar-refractivity contribution in [1.29, 1.82) is 0 Å². The van der Waals surface area contributed by atoms with Crippen LogP contribution in [0.3, 0.4) is 0 Å². The fourth-order valence-electron chi connectivity index (χ4n) is 1.72. The smallest absolute Gasteiger partial charge is 0.00497 e. The van der Waals surface area contributed by atoms with Gasteiger partial charge in [-0.2, -0.15) is 0 Å². The molecule has 2 aromatic rings. The predicted molar refractivity (Wildman–Crippen MR) is 73.1 cm³/mol. The molecule has 0 saturated carbocycles. The van der Waals surface area contributed by atoms with Crippen molar-refractivity contribution >= 4 is 16.9 Å². The lowest BCUT2D eigenvalue weighted by Crippen LogP contribution is -1.87. The minimum Gasteiger partial charge on any atom is -0.148 e. The molecular formula is C15H16S.